The summed E-state index contributed by atoms with van der Waals surface area (Å²) in [5.41, 5.74) is 0.373. The normalized spacial score (nSPS) is 10.4. The molecule has 0 amide bonds. The van der Waals surface area contributed by atoms with Crippen molar-refractivity contribution in [1.82, 2.24) is 0 Å². The molecule has 0 saturated heterocycles. The molecule has 0 bridgehead atoms. The summed E-state index contributed by atoms with van der Waals surface area (Å²) in [5, 5.41) is 14.1. The number of rotatable bonds is 6. The number of nitro benzene ring substituents is 1. The lowest BCUT2D eigenvalue weighted by molar-refractivity contribution is -0.384. The van der Waals surface area contributed by atoms with Crippen LogP contribution in [0.15, 0.2) is 37.8 Å². The standard InChI is InChI=1S/C13H12Br2N2O4/c1-2-20-8-3-4-11(12(6-8)17(18)19)16-7-9-5-10(14)13(15)21-9/h3-6,16H,2,7H2,1H3. The Kier molecular flexibility index (Phi) is 5.24. The highest BCUT2D eigenvalue weighted by Gasteiger charge is 2.16. The first-order valence-corrected chi connectivity index (χ1v) is 7.68. The molecule has 1 N–H and O–H groups in total. The van der Waals surface area contributed by atoms with E-state index in [2.05, 4.69) is 37.2 Å². The Balaban J connectivity index is 2.16. The molecule has 21 heavy (non-hydrogen) atoms. The third kappa shape index (κ3) is 3.98. The Morgan fingerprint density at radius 2 is 2.14 bits per heavy atom. The molecule has 0 aliphatic rings. The number of anilines is 1. The van der Waals surface area contributed by atoms with E-state index in [1.54, 1.807) is 18.2 Å². The van der Waals surface area contributed by atoms with Crippen molar-refractivity contribution < 1.29 is 14.1 Å². The third-order valence-corrected chi connectivity index (χ3v) is 4.34. The van der Waals surface area contributed by atoms with Crippen molar-refractivity contribution >= 4 is 43.2 Å². The van der Waals surface area contributed by atoms with Gasteiger partial charge in [0.2, 0.25) is 0 Å². The number of nitro groups is 1. The van der Waals surface area contributed by atoms with Gasteiger partial charge in [-0.05, 0) is 57.0 Å². The fourth-order valence-electron chi connectivity index (χ4n) is 1.73. The maximum atomic E-state index is 11.1. The van der Waals surface area contributed by atoms with Crippen LogP contribution in [0, 0.1) is 10.1 Å². The van der Waals surface area contributed by atoms with E-state index in [4.69, 9.17) is 9.15 Å². The molecule has 0 fully saturated rings. The highest BCUT2D eigenvalue weighted by atomic mass is 79.9. The quantitative estimate of drug-likeness (QED) is 0.541. The Labute approximate surface area is 137 Å². The van der Waals surface area contributed by atoms with Gasteiger partial charge < -0.3 is 14.5 Å². The number of ether oxygens (including phenoxy) is 1. The van der Waals surface area contributed by atoms with Crippen LogP contribution in [0.5, 0.6) is 5.75 Å². The van der Waals surface area contributed by atoms with E-state index in [1.807, 2.05) is 6.92 Å². The van der Waals surface area contributed by atoms with E-state index in [0.717, 1.165) is 4.47 Å². The summed E-state index contributed by atoms with van der Waals surface area (Å²) < 4.78 is 12.1. The SMILES string of the molecule is CCOc1ccc(NCc2cc(Br)c(Br)o2)c([N+](=O)[O-])c1. The summed E-state index contributed by atoms with van der Waals surface area (Å²) in [6.07, 6.45) is 0. The predicted molar refractivity (Wildman–Crippen MR) is 85.7 cm³/mol. The minimum Gasteiger partial charge on any atom is -0.494 e. The van der Waals surface area contributed by atoms with E-state index in [1.165, 1.54) is 6.07 Å². The first-order valence-electron chi connectivity index (χ1n) is 6.10. The lowest BCUT2D eigenvalue weighted by Gasteiger charge is -2.08. The minimum atomic E-state index is -0.446. The Morgan fingerprint density at radius 1 is 1.38 bits per heavy atom. The molecule has 112 valence electrons. The van der Waals surface area contributed by atoms with E-state index < -0.39 is 4.92 Å². The van der Waals surface area contributed by atoms with Crippen molar-refractivity contribution in [3.05, 3.63) is 49.3 Å². The van der Waals surface area contributed by atoms with Gasteiger partial charge in [0.1, 0.15) is 17.2 Å². The van der Waals surface area contributed by atoms with Crippen LogP contribution in [-0.4, -0.2) is 11.5 Å². The minimum absolute atomic E-state index is 0.0364. The Hall–Kier alpha value is -1.54. The molecule has 0 unspecified atom stereocenters. The van der Waals surface area contributed by atoms with Crippen LogP contribution in [0.2, 0.25) is 0 Å². The molecule has 0 spiro atoms. The second kappa shape index (κ2) is 6.95. The molecule has 1 aromatic heterocycles. The molecule has 0 aliphatic heterocycles. The molecule has 8 heteroatoms. The predicted octanol–water partition coefficient (Wildman–Crippen LogP) is 4.72. The number of benzene rings is 1. The van der Waals surface area contributed by atoms with E-state index in [9.17, 15) is 10.1 Å². The van der Waals surface area contributed by atoms with E-state index in [-0.39, 0.29) is 5.69 Å². The molecule has 1 aromatic carbocycles. The summed E-state index contributed by atoms with van der Waals surface area (Å²) >= 11 is 6.55. The zero-order valence-corrected chi connectivity index (χ0v) is 14.2. The second-order valence-electron chi connectivity index (χ2n) is 4.06. The zero-order valence-electron chi connectivity index (χ0n) is 11.1. The zero-order chi connectivity index (χ0) is 15.4. The molecule has 1 heterocycles. The molecule has 0 radical (unpaired) electrons. The molecule has 6 nitrogen and oxygen atoms in total. The summed E-state index contributed by atoms with van der Waals surface area (Å²) in [5.74, 6) is 1.12. The van der Waals surface area contributed by atoms with Gasteiger partial charge in [-0.1, -0.05) is 0 Å². The lowest BCUT2D eigenvalue weighted by atomic mass is 10.2. The molecule has 2 rings (SSSR count). The highest BCUT2D eigenvalue weighted by molar-refractivity contribution is 9.13. The maximum absolute atomic E-state index is 11.1. The maximum Gasteiger partial charge on any atom is 0.296 e. The number of nitrogens with one attached hydrogen (secondary N) is 1. The molecule has 0 saturated carbocycles. The van der Waals surface area contributed by atoms with Crippen molar-refractivity contribution in [3.8, 4) is 5.75 Å². The van der Waals surface area contributed by atoms with Crippen LogP contribution in [0.4, 0.5) is 11.4 Å². The second-order valence-corrected chi connectivity index (χ2v) is 5.63. The third-order valence-electron chi connectivity index (χ3n) is 2.63. The van der Waals surface area contributed by atoms with Gasteiger partial charge in [0.25, 0.3) is 5.69 Å². The van der Waals surface area contributed by atoms with Gasteiger partial charge in [0.05, 0.1) is 28.6 Å². The summed E-state index contributed by atoms with van der Waals surface area (Å²) in [6, 6.07) is 6.50. The number of hydrogen-bond donors (Lipinski definition) is 1. The van der Waals surface area contributed by atoms with Crippen molar-refractivity contribution in [2.45, 2.75) is 13.5 Å². The first kappa shape index (κ1) is 15.8. The van der Waals surface area contributed by atoms with Gasteiger partial charge in [-0.2, -0.15) is 0 Å². The monoisotopic (exact) mass is 418 g/mol. The molecular formula is C13H12Br2N2O4. The number of furan rings is 1. The topological polar surface area (TPSA) is 77.5 Å². The van der Waals surface area contributed by atoms with Gasteiger partial charge in [-0.15, -0.1) is 0 Å². The fraction of sp³-hybridized carbons (Fsp3) is 0.231. The van der Waals surface area contributed by atoms with Crippen LogP contribution in [0.1, 0.15) is 12.7 Å². The van der Waals surface area contributed by atoms with Crippen LogP contribution in [0.3, 0.4) is 0 Å². The first-order chi connectivity index (χ1) is 10.0. The number of halogens is 2. The summed E-state index contributed by atoms with van der Waals surface area (Å²) in [4.78, 5) is 10.7. The van der Waals surface area contributed by atoms with Crippen molar-refractivity contribution in [2.75, 3.05) is 11.9 Å². The van der Waals surface area contributed by atoms with Gasteiger partial charge >= 0.3 is 0 Å². The molecule has 0 aliphatic carbocycles. The molecule has 2 aromatic rings. The van der Waals surface area contributed by atoms with Crippen LogP contribution < -0.4 is 10.1 Å². The summed E-state index contributed by atoms with van der Waals surface area (Å²) in [6.45, 7) is 2.61. The number of nitrogens with zero attached hydrogens (tertiary/aromatic N) is 1. The van der Waals surface area contributed by atoms with Crippen LogP contribution in [0.25, 0.3) is 0 Å². The molecular weight excluding hydrogens is 408 g/mol. The fourth-order valence-corrected chi connectivity index (χ4v) is 2.39. The number of hydrogen-bond acceptors (Lipinski definition) is 5. The summed E-state index contributed by atoms with van der Waals surface area (Å²) in [7, 11) is 0. The van der Waals surface area contributed by atoms with Gasteiger partial charge in [-0.3, -0.25) is 10.1 Å². The Morgan fingerprint density at radius 3 is 2.71 bits per heavy atom. The average molecular weight is 420 g/mol. The Bertz CT molecular complexity index is 638. The van der Waals surface area contributed by atoms with E-state index in [0.29, 0.717) is 35.0 Å². The largest absolute Gasteiger partial charge is 0.494 e. The van der Waals surface area contributed by atoms with Crippen LogP contribution >= 0.6 is 31.9 Å². The van der Waals surface area contributed by atoms with Gasteiger partial charge in [-0.25, -0.2) is 0 Å². The lowest BCUT2D eigenvalue weighted by Crippen LogP contribution is -2.02. The highest BCUT2D eigenvalue weighted by Crippen LogP contribution is 2.31. The van der Waals surface area contributed by atoms with Crippen LogP contribution in [-0.2, 0) is 6.54 Å². The van der Waals surface area contributed by atoms with Crippen molar-refractivity contribution in [2.24, 2.45) is 0 Å². The van der Waals surface area contributed by atoms with E-state index >= 15 is 0 Å². The van der Waals surface area contributed by atoms with Crippen molar-refractivity contribution in [1.29, 1.82) is 0 Å². The van der Waals surface area contributed by atoms with Gasteiger partial charge in [0, 0.05) is 0 Å². The van der Waals surface area contributed by atoms with Gasteiger partial charge in [0.15, 0.2) is 4.67 Å². The smallest absolute Gasteiger partial charge is 0.296 e. The molecule has 0 atom stereocenters. The average Bonchev–Trinajstić information content (AvgIpc) is 2.76. The van der Waals surface area contributed by atoms with Crippen molar-refractivity contribution in [3.63, 3.8) is 0 Å².